The van der Waals surface area contributed by atoms with Crippen molar-refractivity contribution < 1.29 is 19.5 Å². The number of carbonyl (C=O) groups excluding carboxylic acids is 2. The number of primary amides is 1. The molecule has 1 unspecified atom stereocenters. The highest BCUT2D eigenvalue weighted by Gasteiger charge is 2.34. The van der Waals surface area contributed by atoms with Gasteiger partial charge in [0, 0.05) is 19.2 Å². The van der Waals surface area contributed by atoms with E-state index in [4.69, 9.17) is 10.8 Å². The summed E-state index contributed by atoms with van der Waals surface area (Å²) < 4.78 is 0.321. The van der Waals surface area contributed by atoms with Crippen molar-refractivity contribution >= 4 is 39.5 Å². The molecule has 0 bridgehead atoms. The summed E-state index contributed by atoms with van der Waals surface area (Å²) >= 11 is 3.07. The van der Waals surface area contributed by atoms with E-state index in [1.807, 2.05) is 0 Å². The van der Waals surface area contributed by atoms with Gasteiger partial charge in [-0.25, -0.2) is 9.78 Å². The van der Waals surface area contributed by atoms with Gasteiger partial charge in [-0.15, -0.1) is 0 Å². The lowest BCUT2D eigenvalue weighted by Crippen LogP contribution is -2.29. The maximum atomic E-state index is 11.8. The molecule has 1 aromatic heterocycles. The molecule has 1 saturated heterocycles. The lowest BCUT2D eigenvalue weighted by Gasteiger charge is -2.15. The van der Waals surface area contributed by atoms with Crippen molar-refractivity contribution in [3.8, 4) is 0 Å². The minimum absolute atomic E-state index is 0.000301. The minimum atomic E-state index is -1.13. The summed E-state index contributed by atoms with van der Waals surface area (Å²) in [5.41, 5.74) is 5.16. The molecular formula is C11H10BrN3O4. The van der Waals surface area contributed by atoms with Crippen LogP contribution in [-0.2, 0) is 9.59 Å². The van der Waals surface area contributed by atoms with Crippen LogP contribution in [0.1, 0.15) is 16.8 Å². The summed E-state index contributed by atoms with van der Waals surface area (Å²) in [7, 11) is 0. The van der Waals surface area contributed by atoms with Gasteiger partial charge < -0.3 is 10.8 Å². The van der Waals surface area contributed by atoms with Gasteiger partial charge in [-0.05, 0) is 22.0 Å². The first-order valence-corrected chi connectivity index (χ1v) is 6.18. The van der Waals surface area contributed by atoms with Gasteiger partial charge in [0.1, 0.15) is 5.82 Å². The quantitative estimate of drug-likeness (QED) is 0.833. The number of anilines is 1. The van der Waals surface area contributed by atoms with Gasteiger partial charge in [0.25, 0.3) is 0 Å². The Morgan fingerprint density at radius 3 is 2.74 bits per heavy atom. The third-order valence-electron chi connectivity index (χ3n) is 2.88. The highest BCUT2D eigenvalue weighted by atomic mass is 79.9. The van der Waals surface area contributed by atoms with Crippen LogP contribution >= 0.6 is 15.9 Å². The number of carbonyl (C=O) groups is 3. The average Bonchev–Trinajstić information content (AvgIpc) is 2.72. The van der Waals surface area contributed by atoms with Gasteiger partial charge in [-0.2, -0.15) is 0 Å². The van der Waals surface area contributed by atoms with Crippen molar-refractivity contribution in [3.05, 3.63) is 22.3 Å². The first-order chi connectivity index (χ1) is 8.90. The van der Waals surface area contributed by atoms with Gasteiger partial charge >= 0.3 is 5.97 Å². The number of halogens is 1. The molecule has 0 aliphatic carbocycles. The van der Waals surface area contributed by atoms with Crippen molar-refractivity contribution in [2.75, 3.05) is 11.4 Å². The van der Waals surface area contributed by atoms with E-state index in [1.165, 1.54) is 17.2 Å². The SMILES string of the molecule is NC(=O)C1CC(=O)N(c2cc(C(=O)O)c(Br)cn2)C1. The third-order valence-corrected chi connectivity index (χ3v) is 3.51. The number of aromatic nitrogens is 1. The largest absolute Gasteiger partial charge is 0.478 e. The lowest BCUT2D eigenvalue weighted by atomic mass is 10.1. The van der Waals surface area contributed by atoms with Crippen LogP contribution < -0.4 is 10.6 Å². The van der Waals surface area contributed by atoms with Crippen LogP contribution in [0.15, 0.2) is 16.7 Å². The summed E-state index contributed by atoms with van der Waals surface area (Å²) in [5, 5.41) is 9.00. The Morgan fingerprint density at radius 1 is 1.53 bits per heavy atom. The molecule has 0 radical (unpaired) electrons. The van der Waals surface area contributed by atoms with Crippen molar-refractivity contribution in [1.29, 1.82) is 0 Å². The fourth-order valence-electron chi connectivity index (χ4n) is 1.86. The molecule has 1 aliphatic rings. The van der Waals surface area contributed by atoms with Gasteiger partial charge in [0.05, 0.1) is 16.0 Å². The molecule has 8 heteroatoms. The molecular weight excluding hydrogens is 318 g/mol. The highest BCUT2D eigenvalue weighted by Crippen LogP contribution is 2.26. The Morgan fingerprint density at radius 2 is 2.21 bits per heavy atom. The summed E-state index contributed by atoms with van der Waals surface area (Å²) in [6.45, 7) is 0.127. The van der Waals surface area contributed by atoms with Crippen molar-refractivity contribution in [3.63, 3.8) is 0 Å². The number of carboxylic acid groups (broad SMARTS) is 1. The fraction of sp³-hybridized carbons (Fsp3) is 0.273. The molecule has 0 aromatic carbocycles. The Labute approximate surface area is 116 Å². The van der Waals surface area contributed by atoms with E-state index in [1.54, 1.807) is 0 Å². The van der Waals surface area contributed by atoms with Gasteiger partial charge in [-0.3, -0.25) is 14.5 Å². The van der Waals surface area contributed by atoms with Crippen molar-refractivity contribution in [1.82, 2.24) is 4.98 Å². The molecule has 2 heterocycles. The molecule has 1 aromatic rings. The number of nitrogens with two attached hydrogens (primary N) is 1. The Hall–Kier alpha value is -1.96. The average molecular weight is 328 g/mol. The van der Waals surface area contributed by atoms with E-state index < -0.39 is 17.8 Å². The molecule has 7 nitrogen and oxygen atoms in total. The maximum absolute atomic E-state index is 11.8. The number of pyridine rings is 1. The van der Waals surface area contributed by atoms with Crippen LogP contribution in [0.2, 0.25) is 0 Å². The van der Waals surface area contributed by atoms with Crippen LogP contribution in [0, 0.1) is 5.92 Å². The number of carboxylic acids is 1. The monoisotopic (exact) mass is 327 g/mol. The highest BCUT2D eigenvalue weighted by molar-refractivity contribution is 9.10. The molecule has 2 amide bonds. The topological polar surface area (TPSA) is 114 Å². The zero-order chi connectivity index (χ0) is 14.2. The van der Waals surface area contributed by atoms with E-state index >= 15 is 0 Å². The predicted molar refractivity (Wildman–Crippen MR) is 68.6 cm³/mol. The molecule has 1 fully saturated rings. The molecule has 1 atom stereocenters. The summed E-state index contributed by atoms with van der Waals surface area (Å²) in [6.07, 6.45) is 1.33. The number of amides is 2. The van der Waals surface area contributed by atoms with Gasteiger partial charge in [-0.1, -0.05) is 0 Å². The van der Waals surface area contributed by atoms with Crippen LogP contribution in [0.3, 0.4) is 0 Å². The Bertz CT molecular complexity index is 575. The number of hydrogen-bond donors (Lipinski definition) is 2. The van der Waals surface area contributed by atoms with Crippen molar-refractivity contribution in [2.24, 2.45) is 11.7 Å². The van der Waals surface area contributed by atoms with Crippen molar-refractivity contribution in [2.45, 2.75) is 6.42 Å². The molecule has 3 N–H and O–H groups in total. The Kier molecular flexibility index (Phi) is 3.52. The zero-order valence-electron chi connectivity index (χ0n) is 9.67. The lowest BCUT2D eigenvalue weighted by molar-refractivity contribution is -0.123. The molecule has 100 valence electrons. The summed E-state index contributed by atoms with van der Waals surface area (Å²) in [5.74, 6) is -2.34. The van der Waals surface area contributed by atoms with E-state index in [-0.39, 0.29) is 30.3 Å². The molecule has 19 heavy (non-hydrogen) atoms. The number of hydrogen-bond acceptors (Lipinski definition) is 4. The standard InChI is InChI=1S/C11H10BrN3O4/c12-7-3-14-8(2-6(7)11(18)19)15-4-5(10(13)17)1-9(15)16/h2-3,5H,1,4H2,(H2,13,17)(H,18,19). The Balaban J connectivity index is 2.33. The molecule has 2 rings (SSSR count). The molecule has 0 spiro atoms. The number of aromatic carboxylic acids is 1. The van der Waals surface area contributed by atoms with Crippen LogP contribution in [0.4, 0.5) is 5.82 Å². The first kappa shape index (κ1) is 13.5. The number of rotatable bonds is 3. The molecule has 1 aliphatic heterocycles. The summed E-state index contributed by atoms with van der Waals surface area (Å²) in [6, 6.07) is 1.29. The second-order valence-corrected chi connectivity index (χ2v) is 4.99. The summed E-state index contributed by atoms with van der Waals surface area (Å²) in [4.78, 5) is 39.1. The normalized spacial score (nSPS) is 18.7. The third kappa shape index (κ3) is 2.58. The smallest absolute Gasteiger partial charge is 0.337 e. The van der Waals surface area contributed by atoms with Crippen LogP contribution in [-0.4, -0.2) is 34.4 Å². The zero-order valence-corrected chi connectivity index (χ0v) is 11.3. The van der Waals surface area contributed by atoms with Gasteiger partial charge in [0.2, 0.25) is 11.8 Å². The second kappa shape index (κ2) is 4.96. The van der Waals surface area contributed by atoms with Gasteiger partial charge in [0.15, 0.2) is 0 Å². The second-order valence-electron chi connectivity index (χ2n) is 4.14. The van der Waals surface area contributed by atoms with E-state index in [2.05, 4.69) is 20.9 Å². The van der Waals surface area contributed by atoms with Crippen LogP contribution in [0.5, 0.6) is 0 Å². The molecule has 0 saturated carbocycles. The van der Waals surface area contributed by atoms with E-state index in [9.17, 15) is 14.4 Å². The fourth-order valence-corrected chi connectivity index (χ4v) is 2.25. The van der Waals surface area contributed by atoms with Crippen LogP contribution in [0.25, 0.3) is 0 Å². The van der Waals surface area contributed by atoms with E-state index in [0.29, 0.717) is 4.47 Å². The number of nitrogens with zero attached hydrogens (tertiary/aromatic N) is 2. The maximum Gasteiger partial charge on any atom is 0.337 e. The minimum Gasteiger partial charge on any atom is -0.478 e. The first-order valence-electron chi connectivity index (χ1n) is 5.38. The predicted octanol–water partition coefficient (Wildman–Crippen LogP) is 0.380. The van der Waals surface area contributed by atoms with E-state index in [0.717, 1.165) is 0 Å².